The standard InChI is InChI=1S/C23H26Cl2N2/c1-3-15(4-2)22-23(14-27-21-13-18(25)8-9-20(21)23)19(10-11-26-22)16-6-5-7-17(24)12-16/h5-9,12-15,19,22,26H,3-4,10-11H2,1-2H3/t19-,22+,23-/m0/s1. The lowest BCUT2D eigenvalue weighted by atomic mass is 9.58. The molecule has 0 aliphatic carbocycles. The SMILES string of the molecule is CCC(CC)[C@H]1NCC[C@@H](c2cccc(Cl)c2)[C@]12C=Nc1cc(Cl)ccc12. The zero-order chi connectivity index (χ0) is 19.0. The predicted octanol–water partition coefficient (Wildman–Crippen LogP) is 6.53. The van der Waals surface area contributed by atoms with E-state index in [0.717, 1.165) is 41.5 Å². The summed E-state index contributed by atoms with van der Waals surface area (Å²) < 4.78 is 0. The molecule has 2 aliphatic rings. The third-order valence-electron chi connectivity index (χ3n) is 6.50. The van der Waals surface area contributed by atoms with E-state index < -0.39 is 0 Å². The fourth-order valence-electron chi connectivity index (χ4n) is 5.24. The van der Waals surface area contributed by atoms with Gasteiger partial charge >= 0.3 is 0 Å². The van der Waals surface area contributed by atoms with Crippen LogP contribution in [0.25, 0.3) is 0 Å². The van der Waals surface area contributed by atoms with E-state index >= 15 is 0 Å². The van der Waals surface area contributed by atoms with Gasteiger partial charge in [-0.2, -0.15) is 0 Å². The van der Waals surface area contributed by atoms with Crippen LogP contribution in [0.4, 0.5) is 5.69 Å². The molecule has 4 heteroatoms. The summed E-state index contributed by atoms with van der Waals surface area (Å²) in [5.41, 5.74) is 3.43. The highest BCUT2D eigenvalue weighted by Crippen LogP contribution is 2.53. The molecule has 1 saturated heterocycles. The average Bonchev–Trinajstić information content (AvgIpc) is 3.03. The van der Waals surface area contributed by atoms with Crippen molar-refractivity contribution in [2.24, 2.45) is 10.9 Å². The summed E-state index contributed by atoms with van der Waals surface area (Å²) in [6.45, 7) is 5.60. The van der Waals surface area contributed by atoms with Crippen LogP contribution in [0.2, 0.25) is 10.0 Å². The zero-order valence-corrected chi connectivity index (χ0v) is 17.4. The third-order valence-corrected chi connectivity index (χ3v) is 6.97. The van der Waals surface area contributed by atoms with Crippen molar-refractivity contribution in [3.63, 3.8) is 0 Å². The van der Waals surface area contributed by atoms with Crippen LogP contribution in [0.1, 0.15) is 50.2 Å². The van der Waals surface area contributed by atoms with Gasteiger partial charge < -0.3 is 5.32 Å². The summed E-state index contributed by atoms with van der Waals surface area (Å²) in [6.07, 6.45) is 5.56. The third kappa shape index (κ3) is 3.12. The maximum atomic E-state index is 6.37. The highest BCUT2D eigenvalue weighted by atomic mass is 35.5. The molecule has 0 saturated carbocycles. The lowest BCUT2D eigenvalue weighted by molar-refractivity contribution is 0.191. The van der Waals surface area contributed by atoms with Crippen molar-refractivity contribution < 1.29 is 0 Å². The fourth-order valence-corrected chi connectivity index (χ4v) is 5.60. The number of halogens is 2. The Morgan fingerprint density at radius 1 is 1.11 bits per heavy atom. The van der Waals surface area contributed by atoms with Gasteiger partial charge in [-0.05, 0) is 54.3 Å². The Morgan fingerprint density at radius 2 is 1.89 bits per heavy atom. The second-order valence-corrected chi connectivity index (χ2v) is 8.63. The Balaban J connectivity index is 1.91. The number of nitrogens with one attached hydrogen (secondary N) is 1. The number of benzene rings is 2. The van der Waals surface area contributed by atoms with Crippen molar-refractivity contribution in [1.82, 2.24) is 5.32 Å². The van der Waals surface area contributed by atoms with Crippen LogP contribution in [0.15, 0.2) is 47.5 Å². The first-order chi connectivity index (χ1) is 13.1. The summed E-state index contributed by atoms with van der Waals surface area (Å²) >= 11 is 12.6. The number of hydrogen-bond donors (Lipinski definition) is 1. The number of hydrogen-bond acceptors (Lipinski definition) is 2. The van der Waals surface area contributed by atoms with Gasteiger partial charge in [-0.15, -0.1) is 0 Å². The van der Waals surface area contributed by atoms with E-state index in [-0.39, 0.29) is 5.41 Å². The summed E-state index contributed by atoms with van der Waals surface area (Å²) in [5.74, 6) is 0.925. The van der Waals surface area contributed by atoms with Crippen LogP contribution in [0.5, 0.6) is 0 Å². The first-order valence-corrected chi connectivity index (χ1v) is 10.7. The van der Waals surface area contributed by atoms with Gasteiger partial charge in [-0.1, -0.05) is 68.1 Å². The minimum absolute atomic E-state index is 0.167. The van der Waals surface area contributed by atoms with Crippen LogP contribution in [-0.2, 0) is 5.41 Å². The summed E-state index contributed by atoms with van der Waals surface area (Å²) in [6, 6.07) is 14.9. The van der Waals surface area contributed by atoms with Gasteiger partial charge in [0.25, 0.3) is 0 Å². The number of aliphatic imine (C=N–C) groups is 1. The number of piperidine rings is 1. The smallest absolute Gasteiger partial charge is 0.0683 e. The molecule has 0 amide bonds. The van der Waals surface area contributed by atoms with Gasteiger partial charge in [0.05, 0.1) is 11.1 Å². The van der Waals surface area contributed by atoms with Crippen LogP contribution in [0.3, 0.4) is 0 Å². The molecule has 2 aliphatic heterocycles. The molecule has 0 bridgehead atoms. The summed E-state index contributed by atoms with van der Waals surface area (Å²) in [7, 11) is 0. The molecule has 1 fully saturated rings. The molecular formula is C23H26Cl2N2. The summed E-state index contributed by atoms with van der Waals surface area (Å²) in [4.78, 5) is 4.85. The van der Waals surface area contributed by atoms with Gasteiger partial charge in [0, 0.05) is 28.2 Å². The molecule has 2 heterocycles. The van der Waals surface area contributed by atoms with Gasteiger partial charge in [0.2, 0.25) is 0 Å². The van der Waals surface area contributed by atoms with Crippen LogP contribution < -0.4 is 5.32 Å². The van der Waals surface area contributed by atoms with E-state index in [1.165, 1.54) is 11.1 Å². The molecular weight excluding hydrogens is 375 g/mol. The normalized spacial score (nSPS) is 26.7. The van der Waals surface area contributed by atoms with Crippen molar-refractivity contribution in [3.8, 4) is 0 Å². The van der Waals surface area contributed by atoms with Crippen molar-refractivity contribution in [2.75, 3.05) is 6.54 Å². The minimum atomic E-state index is -0.167. The minimum Gasteiger partial charge on any atom is -0.312 e. The van der Waals surface area contributed by atoms with Gasteiger partial charge in [0.1, 0.15) is 0 Å². The highest BCUT2D eigenvalue weighted by molar-refractivity contribution is 6.31. The maximum absolute atomic E-state index is 6.37. The Kier molecular flexibility index (Phi) is 5.33. The number of rotatable bonds is 4. The Morgan fingerprint density at radius 3 is 2.63 bits per heavy atom. The maximum Gasteiger partial charge on any atom is 0.0683 e. The molecule has 0 unspecified atom stereocenters. The van der Waals surface area contributed by atoms with Crippen LogP contribution >= 0.6 is 23.2 Å². The zero-order valence-electron chi connectivity index (χ0n) is 15.9. The molecule has 2 aromatic carbocycles. The van der Waals surface area contributed by atoms with Crippen LogP contribution in [0, 0.1) is 5.92 Å². The number of nitrogens with zero attached hydrogens (tertiary/aromatic N) is 1. The van der Waals surface area contributed by atoms with Gasteiger partial charge in [-0.25, -0.2) is 0 Å². The largest absolute Gasteiger partial charge is 0.312 e. The molecule has 1 spiro atoms. The molecule has 27 heavy (non-hydrogen) atoms. The lowest BCUT2D eigenvalue weighted by Crippen LogP contribution is -2.59. The van der Waals surface area contributed by atoms with Gasteiger partial charge in [0.15, 0.2) is 0 Å². The second kappa shape index (κ2) is 7.58. The van der Waals surface area contributed by atoms with E-state index in [2.05, 4.69) is 49.6 Å². The Labute approximate surface area is 172 Å². The quantitative estimate of drug-likeness (QED) is 0.619. The van der Waals surface area contributed by atoms with E-state index in [9.17, 15) is 0 Å². The molecule has 2 aromatic rings. The first-order valence-electron chi connectivity index (χ1n) is 9.94. The fraction of sp³-hybridized carbons (Fsp3) is 0.435. The number of fused-ring (bicyclic) bond motifs is 2. The molecule has 3 atom stereocenters. The van der Waals surface area contributed by atoms with Crippen molar-refractivity contribution in [1.29, 1.82) is 0 Å². The molecule has 0 radical (unpaired) electrons. The first kappa shape index (κ1) is 19.0. The predicted molar refractivity (Wildman–Crippen MR) is 116 cm³/mol. The van der Waals surface area contributed by atoms with Gasteiger partial charge in [-0.3, -0.25) is 4.99 Å². The lowest BCUT2D eigenvalue weighted by Gasteiger charge is -2.50. The van der Waals surface area contributed by atoms with E-state index in [4.69, 9.17) is 28.2 Å². The van der Waals surface area contributed by atoms with Crippen molar-refractivity contribution >= 4 is 35.1 Å². The van der Waals surface area contributed by atoms with Crippen molar-refractivity contribution in [2.45, 2.75) is 50.5 Å². The average molecular weight is 401 g/mol. The molecule has 0 aromatic heterocycles. The van der Waals surface area contributed by atoms with E-state index in [0.29, 0.717) is 17.9 Å². The molecule has 142 valence electrons. The monoisotopic (exact) mass is 400 g/mol. The van der Waals surface area contributed by atoms with Crippen LogP contribution in [-0.4, -0.2) is 18.8 Å². The molecule has 2 nitrogen and oxygen atoms in total. The topological polar surface area (TPSA) is 24.4 Å². The van der Waals surface area contributed by atoms with E-state index in [1.807, 2.05) is 18.2 Å². The second-order valence-electron chi connectivity index (χ2n) is 7.76. The highest BCUT2D eigenvalue weighted by Gasteiger charge is 2.53. The van der Waals surface area contributed by atoms with E-state index in [1.54, 1.807) is 0 Å². The Hall–Kier alpha value is -1.35. The van der Waals surface area contributed by atoms with Crippen molar-refractivity contribution in [3.05, 3.63) is 63.6 Å². The molecule has 1 N–H and O–H groups in total. The summed E-state index contributed by atoms with van der Waals surface area (Å²) in [5, 5.41) is 5.41. The Bertz CT molecular complexity index is 859. The molecule has 4 rings (SSSR count).